The molecule has 0 aromatic heterocycles. The van der Waals surface area contributed by atoms with Crippen molar-refractivity contribution in [3.8, 4) is 0 Å². The maximum atomic E-state index is 13.4. The van der Waals surface area contributed by atoms with E-state index < -0.39 is 26.5 Å². The van der Waals surface area contributed by atoms with Crippen molar-refractivity contribution in [3.05, 3.63) is 33.6 Å². The number of nitrogens with one attached hydrogen (secondary N) is 1. The molecular weight excluding hydrogens is 287 g/mol. The van der Waals surface area contributed by atoms with Crippen LogP contribution in [0.25, 0.3) is 0 Å². The molecule has 1 N–H and O–H groups in total. The number of nitro groups is 1. The quantitative estimate of drug-likeness (QED) is 0.666. The first-order chi connectivity index (χ1) is 9.15. The monoisotopic (exact) mass is 302 g/mol. The van der Waals surface area contributed by atoms with Crippen molar-refractivity contribution < 1.29 is 17.7 Å². The molecule has 20 heavy (non-hydrogen) atoms. The van der Waals surface area contributed by atoms with E-state index in [-0.39, 0.29) is 22.4 Å². The maximum Gasteiger partial charge on any atom is 0.306 e. The predicted molar refractivity (Wildman–Crippen MR) is 70.3 cm³/mol. The Morgan fingerprint density at radius 1 is 1.45 bits per heavy atom. The molecule has 0 heterocycles. The van der Waals surface area contributed by atoms with Gasteiger partial charge in [-0.3, -0.25) is 10.1 Å². The number of benzene rings is 1. The molecule has 1 aliphatic rings. The molecule has 0 atom stereocenters. The highest BCUT2D eigenvalue weighted by Gasteiger charge is 2.38. The van der Waals surface area contributed by atoms with Crippen molar-refractivity contribution in [2.45, 2.75) is 31.6 Å². The molecule has 0 saturated heterocycles. The summed E-state index contributed by atoms with van der Waals surface area (Å²) >= 11 is 0. The van der Waals surface area contributed by atoms with Crippen LogP contribution in [-0.4, -0.2) is 19.9 Å². The van der Waals surface area contributed by atoms with Crippen LogP contribution in [0.5, 0.6) is 0 Å². The first-order valence-corrected chi connectivity index (χ1v) is 7.57. The highest BCUT2D eigenvalue weighted by Crippen LogP contribution is 2.44. The lowest BCUT2D eigenvalue weighted by Crippen LogP contribution is -2.29. The van der Waals surface area contributed by atoms with E-state index in [1.807, 2.05) is 6.92 Å². The van der Waals surface area contributed by atoms with Crippen LogP contribution in [0.3, 0.4) is 0 Å². The van der Waals surface area contributed by atoms with Crippen molar-refractivity contribution in [1.29, 1.82) is 0 Å². The number of halogens is 1. The lowest BCUT2D eigenvalue weighted by atomic mass is 10.2. The predicted octanol–water partition coefficient (Wildman–Crippen LogP) is 2.12. The summed E-state index contributed by atoms with van der Waals surface area (Å²) in [5.41, 5.74) is -0.734. The van der Waals surface area contributed by atoms with Crippen molar-refractivity contribution in [2.75, 3.05) is 6.54 Å². The van der Waals surface area contributed by atoms with Crippen LogP contribution < -0.4 is 4.72 Å². The largest absolute Gasteiger partial charge is 0.306 e. The van der Waals surface area contributed by atoms with E-state index in [1.165, 1.54) is 6.92 Å². The van der Waals surface area contributed by atoms with Crippen LogP contribution in [-0.2, 0) is 10.0 Å². The standard InChI is InChI=1S/C12H15FN2O4S/c1-8-5-9(13)10(15(16)17)6-11(8)20(18,19)14-7-12(2)3-4-12/h5-6,14H,3-4,7H2,1-2H3. The van der Waals surface area contributed by atoms with Crippen molar-refractivity contribution in [1.82, 2.24) is 4.72 Å². The number of sulfonamides is 1. The molecule has 1 saturated carbocycles. The molecule has 2 rings (SSSR count). The van der Waals surface area contributed by atoms with E-state index in [0.29, 0.717) is 0 Å². The Morgan fingerprint density at radius 2 is 2.05 bits per heavy atom. The highest BCUT2D eigenvalue weighted by molar-refractivity contribution is 7.89. The minimum Gasteiger partial charge on any atom is -0.258 e. The highest BCUT2D eigenvalue weighted by atomic mass is 32.2. The van der Waals surface area contributed by atoms with E-state index in [9.17, 15) is 22.9 Å². The van der Waals surface area contributed by atoms with Crippen LogP contribution in [0.2, 0.25) is 0 Å². The summed E-state index contributed by atoms with van der Waals surface area (Å²) in [6.07, 6.45) is 1.89. The van der Waals surface area contributed by atoms with Gasteiger partial charge in [0.2, 0.25) is 15.8 Å². The zero-order valence-corrected chi connectivity index (χ0v) is 12.0. The lowest BCUT2D eigenvalue weighted by Gasteiger charge is -2.12. The molecule has 0 amide bonds. The second-order valence-electron chi connectivity index (χ2n) is 5.46. The third-order valence-electron chi connectivity index (χ3n) is 3.52. The van der Waals surface area contributed by atoms with Gasteiger partial charge in [0, 0.05) is 12.6 Å². The Bertz CT molecular complexity index is 668. The van der Waals surface area contributed by atoms with Crippen LogP contribution in [0.1, 0.15) is 25.3 Å². The Kier molecular flexibility index (Phi) is 3.55. The molecule has 1 fully saturated rings. The molecule has 6 nitrogen and oxygen atoms in total. The molecule has 0 radical (unpaired) electrons. The van der Waals surface area contributed by atoms with Gasteiger partial charge in [0.1, 0.15) is 0 Å². The zero-order chi connectivity index (χ0) is 15.1. The average molecular weight is 302 g/mol. The SMILES string of the molecule is Cc1cc(F)c([N+](=O)[O-])cc1S(=O)(=O)NCC1(C)CC1. The van der Waals surface area contributed by atoms with Crippen LogP contribution in [0, 0.1) is 28.3 Å². The summed E-state index contributed by atoms with van der Waals surface area (Å²) in [6, 6.07) is 1.63. The van der Waals surface area contributed by atoms with Gasteiger partial charge in [-0.15, -0.1) is 0 Å². The molecule has 0 spiro atoms. The van der Waals surface area contributed by atoms with Crippen LogP contribution in [0.15, 0.2) is 17.0 Å². The Morgan fingerprint density at radius 3 is 2.55 bits per heavy atom. The zero-order valence-electron chi connectivity index (χ0n) is 11.1. The number of nitro benzene ring substituents is 1. The fourth-order valence-corrected chi connectivity index (χ4v) is 3.25. The van der Waals surface area contributed by atoms with E-state index >= 15 is 0 Å². The van der Waals surface area contributed by atoms with Crippen LogP contribution >= 0.6 is 0 Å². The molecule has 0 bridgehead atoms. The molecular formula is C12H15FN2O4S. The van der Waals surface area contributed by atoms with E-state index in [2.05, 4.69) is 4.72 Å². The van der Waals surface area contributed by atoms with E-state index in [1.54, 1.807) is 0 Å². The Hall–Kier alpha value is -1.54. The van der Waals surface area contributed by atoms with E-state index in [4.69, 9.17) is 0 Å². The van der Waals surface area contributed by atoms with Crippen molar-refractivity contribution in [3.63, 3.8) is 0 Å². The van der Waals surface area contributed by atoms with Gasteiger partial charge in [-0.25, -0.2) is 13.1 Å². The van der Waals surface area contributed by atoms with Gasteiger partial charge >= 0.3 is 5.69 Å². The number of rotatable bonds is 5. The van der Waals surface area contributed by atoms with Gasteiger partial charge in [-0.2, -0.15) is 4.39 Å². The minimum atomic E-state index is -3.88. The van der Waals surface area contributed by atoms with Gasteiger partial charge in [-0.05, 0) is 36.8 Å². The molecule has 8 heteroatoms. The number of nitrogens with zero attached hydrogens (tertiary/aromatic N) is 1. The van der Waals surface area contributed by atoms with Gasteiger partial charge in [0.25, 0.3) is 0 Å². The fraction of sp³-hybridized carbons (Fsp3) is 0.500. The second-order valence-corrected chi connectivity index (χ2v) is 7.20. The number of hydrogen-bond acceptors (Lipinski definition) is 4. The molecule has 0 aliphatic heterocycles. The molecule has 0 unspecified atom stereocenters. The molecule has 1 aromatic rings. The maximum absolute atomic E-state index is 13.4. The van der Waals surface area contributed by atoms with Crippen molar-refractivity contribution in [2.24, 2.45) is 5.41 Å². The van der Waals surface area contributed by atoms with Gasteiger partial charge in [-0.1, -0.05) is 6.92 Å². The second kappa shape index (κ2) is 4.78. The lowest BCUT2D eigenvalue weighted by molar-refractivity contribution is -0.387. The summed E-state index contributed by atoms with van der Waals surface area (Å²) in [5.74, 6) is -1.04. The number of aryl methyl sites for hydroxylation is 1. The van der Waals surface area contributed by atoms with E-state index in [0.717, 1.165) is 25.0 Å². The summed E-state index contributed by atoms with van der Waals surface area (Å²) < 4.78 is 40.1. The average Bonchev–Trinajstić information content (AvgIpc) is 3.05. The van der Waals surface area contributed by atoms with Gasteiger partial charge < -0.3 is 0 Å². The topological polar surface area (TPSA) is 89.3 Å². The smallest absolute Gasteiger partial charge is 0.258 e. The normalized spacial score (nSPS) is 16.9. The Labute approximate surface area is 116 Å². The first kappa shape index (κ1) is 14.9. The molecule has 1 aliphatic carbocycles. The summed E-state index contributed by atoms with van der Waals surface area (Å²) in [4.78, 5) is 9.50. The fourth-order valence-electron chi connectivity index (χ4n) is 1.81. The third-order valence-corrected chi connectivity index (χ3v) is 5.07. The molecule has 110 valence electrons. The number of hydrogen-bond donors (Lipinski definition) is 1. The first-order valence-electron chi connectivity index (χ1n) is 6.09. The summed E-state index contributed by atoms with van der Waals surface area (Å²) in [7, 11) is -3.88. The van der Waals surface area contributed by atoms with Gasteiger partial charge in [0.15, 0.2) is 0 Å². The summed E-state index contributed by atoms with van der Waals surface area (Å²) in [5, 5.41) is 10.7. The summed E-state index contributed by atoms with van der Waals surface area (Å²) in [6.45, 7) is 3.63. The Balaban J connectivity index is 2.35. The van der Waals surface area contributed by atoms with Crippen molar-refractivity contribution >= 4 is 15.7 Å². The van der Waals surface area contributed by atoms with Crippen LogP contribution in [0.4, 0.5) is 10.1 Å². The minimum absolute atomic E-state index is 0.0348. The third kappa shape index (κ3) is 2.96. The van der Waals surface area contributed by atoms with Gasteiger partial charge in [0.05, 0.1) is 9.82 Å². The molecule has 1 aromatic carbocycles.